The summed E-state index contributed by atoms with van der Waals surface area (Å²) >= 11 is 5.78. The minimum atomic E-state index is 0.723. The predicted molar refractivity (Wildman–Crippen MR) is 53.1 cm³/mol. The van der Waals surface area contributed by atoms with E-state index < -0.39 is 0 Å². The molecule has 72 valence electrons. The maximum Gasteiger partial charge on any atom is 0.155 e. The van der Waals surface area contributed by atoms with E-state index >= 15 is 0 Å². The van der Waals surface area contributed by atoms with Crippen LogP contribution < -0.4 is 0 Å². The Balaban J connectivity index is 2.19. The number of tetrazole rings is 1. The normalized spacial score (nSPS) is 10.4. The van der Waals surface area contributed by atoms with Crippen LogP contribution in [0.25, 0.3) is 0 Å². The summed E-state index contributed by atoms with van der Waals surface area (Å²) in [4.78, 5) is 0. The van der Waals surface area contributed by atoms with Crippen LogP contribution in [-0.2, 0) is 13.5 Å². The molecule has 0 N–H and O–H groups in total. The second-order valence-corrected chi connectivity index (χ2v) is 3.46. The van der Waals surface area contributed by atoms with Gasteiger partial charge in [-0.1, -0.05) is 23.7 Å². The molecule has 2 rings (SSSR count). The van der Waals surface area contributed by atoms with Gasteiger partial charge in [0.05, 0.1) is 0 Å². The van der Waals surface area contributed by atoms with Crippen LogP contribution in [0.2, 0.25) is 5.02 Å². The highest BCUT2D eigenvalue weighted by atomic mass is 35.5. The molecule has 1 aromatic carbocycles. The molecule has 4 nitrogen and oxygen atoms in total. The fourth-order valence-electron chi connectivity index (χ4n) is 1.18. The molecule has 0 radical (unpaired) electrons. The minimum absolute atomic E-state index is 0.723. The molecule has 0 unspecified atom stereocenters. The second kappa shape index (κ2) is 3.75. The van der Waals surface area contributed by atoms with E-state index in [9.17, 15) is 0 Å². The largest absolute Gasteiger partial charge is 0.232 e. The molecule has 2 aromatic rings. The Morgan fingerprint density at radius 1 is 1.29 bits per heavy atom. The maximum atomic E-state index is 5.78. The standard InChI is InChI=1S/C9H9ClN4/c1-14-9(11-12-13-14)6-7-2-4-8(10)5-3-7/h2-5H,6H2,1H3. The van der Waals surface area contributed by atoms with Gasteiger partial charge >= 0.3 is 0 Å². The van der Waals surface area contributed by atoms with Gasteiger partial charge in [0.25, 0.3) is 0 Å². The average molecular weight is 209 g/mol. The van der Waals surface area contributed by atoms with Gasteiger partial charge in [-0.3, -0.25) is 0 Å². The zero-order chi connectivity index (χ0) is 9.97. The molecular formula is C9H9ClN4. The third kappa shape index (κ3) is 1.90. The van der Waals surface area contributed by atoms with Crippen LogP contribution in [0.5, 0.6) is 0 Å². The predicted octanol–water partition coefficient (Wildman–Crippen LogP) is 1.45. The van der Waals surface area contributed by atoms with Crippen molar-refractivity contribution in [3.05, 3.63) is 40.7 Å². The SMILES string of the molecule is Cn1nnnc1Cc1ccc(Cl)cc1. The van der Waals surface area contributed by atoms with Gasteiger partial charge in [-0.2, -0.15) is 0 Å². The molecule has 0 saturated carbocycles. The summed E-state index contributed by atoms with van der Waals surface area (Å²) in [5.74, 6) is 0.840. The number of aryl methyl sites for hydroxylation is 1. The monoisotopic (exact) mass is 208 g/mol. The van der Waals surface area contributed by atoms with Crippen molar-refractivity contribution >= 4 is 11.6 Å². The number of halogens is 1. The van der Waals surface area contributed by atoms with Crippen LogP contribution in [0, 0.1) is 0 Å². The number of aromatic nitrogens is 4. The van der Waals surface area contributed by atoms with Gasteiger partial charge in [0.2, 0.25) is 0 Å². The summed E-state index contributed by atoms with van der Waals surface area (Å²) < 4.78 is 1.66. The van der Waals surface area contributed by atoms with Crippen LogP contribution in [0.15, 0.2) is 24.3 Å². The van der Waals surface area contributed by atoms with Crippen molar-refractivity contribution in [2.75, 3.05) is 0 Å². The first-order chi connectivity index (χ1) is 6.75. The molecule has 5 heteroatoms. The summed E-state index contributed by atoms with van der Waals surface area (Å²) in [5.41, 5.74) is 1.15. The third-order valence-corrected chi connectivity index (χ3v) is 2.24. The van der Waals surface area contributed by atoms with E-state index in [0.717, 1.165) is 22.8 Å². The highest BCUT2D eigenvalue weighted by Crippen LogP contribution is 2.11. The smallest absolute Gasteiger partial charge is 0.155 e. The topological polar surface area (TPSA) is 43.6 Å². The molecule has 0 bridgehead atoms. The van der Waals surface area contributed by atoms with E-state index in [-0.39, 0.29) is 0 Å². The quantitative estimate of drug-likeness (QED) is 0.751. The molecule has 0 atom stereocenters. The first-order valence-electron chi connectivity index (χ1n) is 4.21. The molecule has 0 aliphatic carbocycles. The Hall–Kier alpha value is -1.42. The van der Waals surface area contributed by atoms with Crippen LogP contribution in [0.4, 0.5) is 0 Å². The lowest BCUT2D eigenvalue weighted by atomic mass is 10.1. The van der Waals surface area contributed by atoms with Gasteiger partial charge < -0.3 is 0 Å². The van der Waals surface area contributed by atoms with Gasteiger partial charge in [-0.25, -0.2) is 4.68 Å². The molecule has 0 fully saturated rings. The number of benzene rings is 1. The molecule has 0 spiro atoms. The molecule has 0 aliphatic rings. The van der Waals surface area contributed by atoms with Crippen molar-refractivity contribution in [2.24, 2.45) is 7.05 Å². The average Bonchev–Trinajstić information content (AvgIpc) is 2.56. The number of rotatable bonds is 2. The summed E-state index contributed by atoms with van der Waals surface area (Å²) in [5, 5.41) is 12.0. The Morgan fingerprint density at radius 3 is 2.57 bits per heavy atom. The summed E-state index contributed by atoms with van der Waals surface area (Å²) in [6.07, 6.45) is 0.723. The van der Waals surface area contributed by atoms with Gasteiger partial charge in [-0.15, -0.1) is 5.10 Å². The maximum absolute atomic E-state index is 5.78. The first-order valence-corrected chi connectivity index (χ1v) is 4.59. The van der Waals surface area contributed by atoms with Crippen molar-refractivity contribution in [3.8, 4) is 0 Å². The number of nitrogens with zero attached hydrogens (tertiary/aromatic N) is 4. The van der Waals surface area contributed by atoms with E-state index in [1.807, 2.05) is 31.3 Å². The molecule has 1 heterocycles. The van der Waals surface area contributed by atoms with Gasteiger partial charge in [0.1, 0.15) is 0 Å². The van der Waals surface area contributed by atoms with Crippen LogP contribution in [-0.4, -0.2) is 20.2 Å². The minimum Gasteiger partial charge on any atom is -0.232 e. The van der Waals surface area contributed by atoms with Gasteiger partial charge in [-0.05, 0) is 28.1 Å². The van der Waals surface area contributed by atoms with Crippen molar-refractivity contribution in [1.29, 1.82) is 0 Å². The Bertz CT molecular complexity index is 421. The number of hydrogen-bond donors (Lipinski definition) is 0. The van der Waals surface area contributed by atoms with Crippen molar-refractivity contribution in [2.45, 2.75) is 6.42 Å². The number of hydrogen-bond acceptors (Lipinski definition) is 3. The van der Waals surface area contributed by atoms with Crippen LogP contribution in [0.1, 0.15) is 11.4 Å². The highest BCUT2D eigenvalue weighted by Gasteiger charge is 2.02. The third-order valence-electron chi connectivity index (χ3n) is 1.98. The molecule has 0 saturated heterocycles. The summed E-state index contributed by atoms with van der Waals surface area (Å²) in [6.45, 7) is 0. The zero-order valence-corrected chi connectivity index (χ0v) is 8.44. The molecular weight excluding hydrogens is 200 g/mol. The lowest BCUT2D eigenvalue weighted by molar-refractivity contribution is 0.686. The molecule has 0 amide bonds. The fourth-order valence-corrected chi connectivity index (χ4v) is 1.31. The van der Waals surface area contributed by atoms with Crippen molar-refractivity contribution < 1.29 is 0 Å². The van der Waals surface area contributed by atoms with Gasteiger partial charge in [0, 0.05) is 18.5 Å². The van der Waals surface area contributed by atoms with E-state index in [4.69, 9.17) is 11.6 Å². The van der Waals surface area contributed by atoms with E-state index in [1.165, 1.54) is 0 Å². The van der Waals surface area contributed by atoms with Crippen LogP contribution in [0.3, 0.4) is 0 Å². The van der Waals surface area contributed by atoms with Crippen molar-refractivity contribution in [1.82, 2.24) is 20.2 Å². The molecule has 1 aromatic heterocycles. The van der Waals surface area contributed by atoms with Crippen molar-refractivity contribution in [3.63, 3.8) is 0 Å². The zero-order valence-electron chi connectivity index (χ0n) is 7.68. The molecule has 14 heavy (non-hydrogen) atoms. The lowest BCUT2D eigenvalue weighted by Crippen LogP contribution is -2.00. The van der Waals surface area contributed by atoms with Crippen LogP contribution >= 0.6 is 11.6 Å². The molecule has 0 aliphatic heterocycles. The summed E-state index contributed by atoms with van der Waals surface area (Å²) in [7, 11) is 1.82. The highest BCUT2D eigenvalue weighted by molar-refractivity contribution is 6.30. The van der Waals surface area contributed by atoms with E-state index in [2.05, 4.69) is 15.5 Å². The second-order valence-electron chi connectivity index (χ2n) is 3.02. The Labute approximate surface area is 86.5 Å². The van der Waals surface area contributed by atoms with E-state index in [0.29, 0.717) is 0 Å². The Kier molecular flexibility index (Phi) is 2.45. The first kappa shape index (κ1) is 9.15. The Morgan fingerprint density at radius 2 is 2.00 bits per heavy atom. The summed E-state index contributed by atoms with van der Waals surface area (Å²) in [6, 6.07) is 7.66. The van der Waals surface area contributed by atoms with Gasteiger partial charge in [0.15, 0.2) is 5.82 Å². The van der Waals surface area contributed by atoms with E-state index in [1.54, 1.807) is 4.68 Å². The fraction of sp³-hybridized carbons (Fsp3) is 0.222. The lowest BCUT2D eigenvalue weighted by Gasteiger charge is -1.99.